The van der Waals surface area contributed by atoms with Gasteiger partial charge in [-0.05, 0) is 37.0 Å². The minimum Gasteiger partial charge on any atom is -0.511 e. The Morgan fingerprint density at radius 1 is 1.33 bits per heavy atom. The standard InChI is InChI=1S/C17H21NO3/c1-10(11-5-4-6-12(18)9-11)15-16(19)13-7-2-3-8-14(13)21-17(15)20/h4-6,9-10,13-14,19H,2-3,7-8,18H2,1H3. The van der Waals surface area contributed by atoms with Crippen molar-refractivity contribution < 1.29 is 14.6 Å². The first-order valence-electron chi connectivity index (χ1n) is 7.57. The summed E-state index contributed by atoms with van der Waals surface area (Å²) in [7, 11) is 0. The maximum absolute atomic E-state index is 12.3. The van der Waals surface area contributed by atoms with Gasteiger partial charge >= 0.3 is 5.97 Å². The fourth-order valence-electron chi connectivity index (χ4n) is 3.45. The van der Waals surface area contributed by atoms with Crippen LogP contribution in [0.4, 0.5) is 5.69 Å². The van der Waals surface area contributed by atoms with E-state index in [0.717, 1.165) is 31.2 Å². The van der Waals surface area contributed by atoms with Crippen LogP contribution in [0.15, 0.2) is 35.6 Å². The molecule has 1 aromatic rings. The van der Waals surface area contributed by atoms with Crippen LogP contribution in [0, 0.1) is 5.92 Å². The van der Waals surface area contributed by atoms with Crippen molar-refractivity contribution in [3.63, 3.8) is 0 Å². The third-order valence-electron chi connectivity index (χ3n) is 4.65. The van der Waals surface area contributed by atoms with E-state index in [1.165, 1.54) is 0 Å². The SMILES string of the molecule is CC(C1=C(O)C2CCCCC2OC1=O)c1cccc(N)c1. The summed E-state index contributed by atoms with van der Waals surface area (Å²) in [6.07, 6.45) is 3.71. The first kappa shape index (κ1) is 14.0. The molecule has 0 saturated heterocycles. The van der Waals surface area contributed by atoms with Gasteiger partial charge in [0.15, 0.2) is 0 Å². The van der Waals surface area contributed by atoms with Gasteiger partial charge in [-0.15, -0.1) is 0 Å². The monoisotopic (exact) mass is 287 g/mol. The van der Waals surface area contributed by atoms with Crippen LogP contribution in [0.2, 0.25) is 0 Å². The van der Waals surface area contributed by atoms with Crippen molar-refractivity contribution in [1.29, 1.82) is 0 Å². The summed E-state index contributed by atoms with van der Waals surface area (Å²) in [6, 6.07) is 7.42. The van der Waals surface area contributed by atoms with Crippen molar-refractivity contribution >= 4 is 11.7 Å². The quantitative estimate of drug-likeness (QED) is 0.646. The molecule has 0 aromatic heterocycles. The van der Waals surface area contributed by atoms with Gasteiger partial charge in [0.05, 0.1) is 11.5 Å². The molecule has 21 heavy (non-hydrogen) atoms. The van der Waals surface area contributed by atoms with E-state index in [0.29, 0.717) is 11.3 Å². The number of fused-ring (bicyclic) bond motifs is 1. The molecule has 4 nitrogen and oxygen atoms in total. The number of carbonyl (C=O) groups is 1. The number of nitrogen functional groups attached to an aromatic ring is 1. The van der Waals surface area contributed by atoms with Crippen LogP contribution < -0.4 is 5.73 Å². The fourth-order valence-corrected chi connectivity index (χ4v) is 3.45. The molecule has 3 unspecified atom stereocenters. The van der Waals surface area contributed by atoms with Crippen LogP contribution in [0.5, 0.6) is 0 Å². The highest BCUT2D eigenvalue weighted by molar-refractivity contribution is 5.92. The lowest BCUT2D eigenvalue weighted by Crippen LogP contribution is -2.38. The number of aliphatic hydroxyl groups excluding tert-OH is 1. The normalized spacial score (nSPS) is 27.0. The Morgan fingerprint density at radius 3 is 2.86 bits per heavy atom. The molecule has 0 spiro atoms. The Balaban J connectivity index is 1.97. The minimum atomic E-state index is -0.384. The molecule has 112 valence electrons. The summed E-state index contributed by atoms with van der Waals surface area (Å²) in [6.45, 7) is 1.91. The number of aliphatic hydroxyl groups is 1. The van der Waals surface area contributed by atoms with Crippen LogP contribution in [-0.4, -0.2) is 17.2 Å². The molecule has 0 amide bonds. The van der Waals surface area contributed by atoms with Gasteiger partial charge < -0.3 is 15.6 Å². The van der Waals surface area contributed by atoms with Crippen LogP contribution in [0.1, 0.15) is 44.1 Å². The molecule has 1 saturated carbocycles. The highest BCUT2D eigenvalue weighted by Crippen LogP contribution is 2.40. The molecular weight excluding hydrogens is 266 g/mol. The van der Waals surface area contributed by atoms with Gasteiger partial charge in [0.2, 0.25) is 0 Å². The van der Waals surface area contributed by atoms with Crippen molar-refractivity contribution in [3.8, 4) is 0 Å². The molecule has 3 N–H and O–H groups in total. The van der Waals surface area contributed by atoms with E-state index in [9.17, 15) is 9.90 Å². The number of carbonyl (C=O) groups excluding carboxylic acids is 1. The number of nitrogens with two attached hydrogens (primary N) is 1. The van der Waals surface area contributed by atoms with Gasteiger partial charge in [-0.1, -0.05) is 25.5 Å². The second-order valence-electron chi connectivity index (χ2n) is 6.03. The number of anilines is 1. The topological polar surface area (TPSA) is 72.5 Å². The van der Waals surface area contributed by atoms with Crippen LogP contribution >= 0.6 is 0 Å². The van der Waals surface area contributed by atoms with Crippen molar-refractivity contribution in [3.05, 3.63) is 41.2 Å². The van der Waals surface area contributed by atoms with Gasteiger partial charge in [-0.3, -0.25) is 0 Å². The summed E-state index contributed by atoms with van der Waals surface area (Å²) >= 11 is 0. The molecule has 4 heteroatoms. The average molecular weight is 287 g/mol. The molecule has 3 atom stereocenters. The van der Waals surface area contributed by atoms with Gasteiger partial charge in [0, 0.05) is 11.6 Å². The van der Waals surface area contributed by atoms with Gasteiger partial charge in [-0.2, -0.15) is 0 Å². The highest BCUT2D eigenvalue weighted by atomic mass is 16.5. The number of ether oxygens (including phenoxy) is 1. The number of benzene rings is 1. The smallest absolute Gasteiger partial charge is 0.338 e. The van der Waals surface area contributed by atoms with E-state index < -0.39 is 0 Å². The van der Waals surface area contributed by atoms with Crippen molar-refractivity contribution in [2.24, 2.45) is 5.92 Å². The number of hydrogen-bond donors (Lipinski definition) is 2. The second kappa shape index (κ2) is 5.43. The van der Waals surface area contributed by atoms with E-state index in [4.69, 9.17) is 10.5 Å². The average Bonchev–Trinajstić information content (AvgIpc) is 2.47. The lowest BCUT2D eigenvalue weighted by molar-refractivity contribution is -0.152. The van der Waals surface area contributed by atoms with Crippen molar-refractivity contribution in [1.82, 2.24) is 0 Å². The summed E-state index contributed by atoms with van der Waals surface area (Å²) in [4.78, 5) is 12.3. The van der Waals surface area contributed by atoms with Gasteiger partial charge in [0.25, 0.3) is 0 Å². The summed E-state index contributed by atoms with van der Waals surface area (Å²) in [5.74, 6) is -0.407. The van der Waals surface area contributed by atoms with E-state index in [-0.39, 0.29) is 29.7 Å². The van der Waals surface area contributed by atoms with Gasteiger partial charge in [-0.25, -0.2) is 4.79 Å². The zero-order valence-electron chi connectivity index (χ0n) is 12.2. The second-order valence-corrected chi connectivity index (χ2v) is 6.03. The maximum Gasteiger partial charge on any atom is 0.338 e. The Kier molecular flexibility index (Phi) is 3.62. The first-order valence-corrected chi connectivity index (χ1v) is 7.57. The van der Waals surface area contributed by atoms with E-state index in [1.54, 1.807) is 6.07 Å². The molecule has 2 aliphatic rings. The van der Waals surface area contributed by atoms with Crippen LogP contribution in [0.25, 0.3) is 0 Å². The molecule has 1 heterocycles. The molecule has 1 aromatic carbocycles. The van der Waals surface area contributed by atoms with Gasteiger partial charge in [0.1, 0.15) is 11.9 Å². The molecule has 1 aliphatic carbocycles. The number of esters is 1. The zero-order valence-corrected chi connectivity index (χ0v) is 12.2. The van der Waals surface area contributed by atoms with Crippen molar-refractivity contribution in [2.75, 3.05) is 5.73 Å². The molecule has 0 radical (unpaired) electrons. The van der Waals surface area contributed by atoms with Crippen LogP contribution in [0.3, 0.4) is 0 Å². The fraction of sp³-hybridized carbons (Fsp3) is 0.471. The minimum absolute atomic E-state index is 0.0324. The predicted molar refractivity (Wildman–Crippen MR) is 80.8 cm³/mol. The molecular formula is C17H21NO3. The highest BCUT2D eigenvalue weighted by Gasteiger charge is 2.41. The number of rotatable bonds is 2. The maximum atomic E-state index is 12.3. The lowest BCUT2D eigenvalue weighted by atomic mass is 9.79. The largest absolute Gasteiger partial charge is 0.511 e. The van der Waals surface area contributed by atoms with Crippen molar-refractivity contribution in [2.45, 2.75) is 44.6 Å². The van der Waals surface area contributed by atoms with E-state index in [2.05, 4.69) is 0 Å². The molecule has 0 bridgehead atoms. The molecule has 1 aliphatic heterocycles. The first-order chi connectivity index (χ1) is 10.1. The molecule has 3 rings (SSSR count). The van der Waals surface area contributed by atoms with Crippen LogP contribution in [-0.2, 0) is 9.53 Å². The molecule has 1 fully saturated rings. The third kappa shape index (κ3) is 2.50. The number of hydrogen-bond acceptors (Lipinski definition) is 4. The Morgan fingerprint density at radius 2 is 2.10 bits per heavy atom. The lowest BCUT2D eigenvalue weighted by Gasteiger charge is -2.36. The zero-order chi connectivity index (χ0) is 15.0. The Bertz CT molecular complexity index is 593. The van der Waals surface area contributed by atoms with E-state index in [1.807, 2.05) is 25.1 Å². The third-order valence-corrected chi connectivity index (χ3v) is 4.65. The summed E-state index contributed by atoms with van der Waals surface area (Å²) < 4.78 is 5.56. The summed E-state index contributed by atoms with van der Waals surface area (Å²) in [5.41, 5.74) is 7.77. The predicted octanol–water partition coefficient (Wildman–Crippen LogP) is 3.30. The Labute approximate surface area is 124 Å². The van der Waals surface area contributed by atoms with E-state index >= 15 is 0 Å². The summed E-state index contributed by atoms with van der Waals surface area (Å²) in [5, 5.41) is 10.6. The Hall–Kier alpha value is -1.97.